The number of nitrogens with one attached hydrogen (secondary N) is 1. The number of aromatic carboxylic acids is 1. The van der Waals surface area contributed by atoms with Crippen LogP contribution in [0.1, 0.15) is 28.4 Å². The first-order valence-electron chi connectivity index (χ1n) is 4.19. The quantitative estimate of drug-likeness (QED) is 0.703. The number of carboxylic acids is 1. The predicted octanol–water partition coefficient (Wildman–Crippen LogP) is 0.814. The first kappa shape index (κ1) is 8.19. The van der Waals surface area contributed by atoms with Gasteiger partial charge in [-0.2, -0.15) is 0 Å². The molecule has 4 heteroatoms. The van der Waals surface area contributed by atoms with E-state index in [1.807, 2.05) is 0 Å². The third kappa shape index (κ3) is 1.40. The molecule has 2 heterocycles. The smallest absolute Gasteiger partial charge is 0.336 e. The fourth-order valence-electron chi connectivity index (χ4n) is 1.43. The summed E-state index contributed by atoms with van der Waals surface area (Å²) in [7, 11) is 0. The summed E-state index contributed by atoms with van der Waals surface area (Å²) in [5, 5.41) is 12.0. The van der Waals surface area contributed by atoms with Crippen LogP contribution < -0.4 is 5.32 Å². The molecule has 2 rings (SSSR count). The van der Waals surface area contributed by atoms with E-state index in [1.54, 1.807) is 6.20 Å². The number of rotatable bonds is 2. The SMILES string of the molecule is O=C(O)c1ccncc1[C@@H]1CCN1. The molecule has 1 atom stereocenters. The van der Waals surface area contributed by atoms with Gasteiger partial charge in [0.15, 0.2) is 0 Å². The highest BCUT2D eigenvalue weighted by atomic mass is 16.4. The van der Waals surface area contributed by atoms with Gasteiger partial charge in [0.05, 0.1) is 5.56 Å². The summed E-state index contributed by atoms with van der Waals surface area (Å²) in [6.07, 6.45) is 4.12. The van der Waals surface area contributed by atoms with Crippen molar-refractivity contribution in [3.05, 3.63) is 29.6 Å². The van der Waals surface area contributed by atoms with E-state index in [0.29, 0.717) is 5.56 Å². The van der Waals surface area contributed by atoms with Crippen LogP contribution >= 0.6 is 0 Å². The first-order valence-corrected chi connectivity index (χ1v) is 4.19. The minimum atomic E-state index is -0.883. The standard InChI is InChI=1S/C9H10N2O2/c12-9(13)6-1-3-10-5-7(6)8-2-4-11-8/h1,3,5,8,11H,2,4H2,(H,12,13)/t8-/m0/s1. The zero-order valence-corrected chi connectivity index (χ0v) is 7.03. The monoisotopic (exact) mass is 178 g/mol. The molecule has 0 unspecified atom stereocenters. The second-order valence-electron chi connectivity index (χ2n) is 3.06. The fourth-order valence-corrected chi connectivity index (χ4v) is 1.43. The van der Waals surface area contributed by atoms with Crippen molar-refractivity contribution in [3.63, 3.8) is 0 Å². The normalized spacial score (nSPS) is 20.8. The lowest BCUT2D eigenvalue weighted by molar-refractivity contribution is 0.0694. The Kier molecular flexibility index (Phi) is 1.98. The van der Waals surface area contributed by atoms with Gasteiger partial charge in [-0.25, -0.2) is 4.79 Å². The van der Waals surface area contributed by atoms with Crippen LogP contribution in [0.4, 0.5) is 0 Å². The summed E-state index contributed by atoms with van der Waals surface area (Å²) < 4.78 is 0. The molecular formula is C9H10N2O2. The van der Waals surface area contributed by atoms with Crippen molar-refractivity contribution in [2.45, 2.75) is 12.5 Å². The Morgan fingerprint density at radius 1 is 1.69 bits per heavy atom. The molecule has 1 aromatic rings. The zero-order chi connectivity index (χ0) is 9.26. The molecular weight excluding hydrogens is 168 g/mol. The van der Waals surface area contributed by atoms with Crippen LogP contribution in [0.3, 0.4) is 0 Å². The first-order chi connectivity index (χ1) is 6.29. The van der Waals surface area contributed by atoms with Gasteiger partial charge in [-0.15, -0.1) is 0 Å². The van der Waals surface area contributed by atoms with Crippen LogP contribution in [0.2, 0.25) is 0 Å². The van der Waals surface area contributed by atoms with Crippen molar-refractivity contribution in [3.8, 4) is 0 Å². The van der Waals surface area contributed by atoms with Crippen molar-refractivity contribution in [1.29, 1.82) is 0 Å². The molecule has 0 radical (unpaired) electrons. The fraction of sp³-hybridized carbons (Fsp3) is 0.333. The minimum absolute atomic E-state index is 0.180. The number of carboxylic acid groups (broad SMARTS) is 1. The highest BCUT2D eigenvalue weighted by Gasteiger charge is 2.23. The number of pyridine rings is 1. The largest absolute Gasteiger partial charge is 0.478 e. The van der Waals surface area contributed by atoms with Crippen molar-refractivity contribution in [2.75, 3.05) is 6.54 Å². The molecule has 1 fully saturated rings. The van der Waals surface area contributed by atoms with Gasteiger partial charge in [0.1, 0.15) is 0 Å². The van der Waals surface area contributed by atoms with Crippen LogP contribution in [0.25, 0.3) is 0 Å². The van der Waals surface area contributed by atoms with Crippen LogP contribution in [0.5, 0.6) is 0 Å². The number of aromatic nitrogens is 1. The Bertz CT molecular complexity index is 334. The third-order valence-electron chi connectivity index (χ3n) is 2.28. The van der Waals surface area contributed by atoms with E-state index < -0.39 is 5.97 Å². The molecule has 0 aromatic carbocycles. The summed E-state index contributed by atoms with van der Waals surface area (Å²) >= 11 is 0. The van der Waals surface area contributed by atoms with E-state index >= 15 is 0 Å². The molecule has 1 aliphatic heterocycles. The van der Waals surface area contributed by atoms with Gasteiger partial charge < -0.3 is 10.4 Å². The number of hydrogen-bond donors (Lipinski definition) is 2. The summed E-state index contributed by atoms with van der Waals surface area (Å²) in [5.41, 5.74) is 1.15. The lowest BCUT2D eigenvalue weighted by Crippen LogP contribution is -2.36. The van der Waals surface area contributed by atoms with Crippen molar-refractivity contribution < 1.29 is 9.90 Å². The molecule has 0 aliphatic carbocycles. The van der Waals surface area contributed by atoms with Crippen LogP contribution in [-0.4, -0.2) is 22.6 Å². The number of nitrogens with zero attached hydrogens (tertiary/aromatic N) is 1. The Balaban J connectivity index is 2.36. The molecule has 0 spiro atoms. The molecule has 13 heavy (non-hydrogen) atoms. The second kappa shape index (κ2) is 3.14. The predicted molar refractivity (Wildman–Crippen MR) is 46.6 cm³/mol. The van der Waals surface area contributed by atoms with E-state index in [9.17, 15) is 4.79 Å². The molecule has 1 aliphatic rings. The third-order valence-corrected chi connectivity index (χ3v) is 2.28. The maximum atomic E-state index is 10.8. The zero-order valence-electron chi connectivity index (χ0n) is 7.03. The maximum absolute atomic E-state index is 10.8. The molecule has 68 valence electrons. The van der Waals surface area contributed by atoms with E-state index in [-0.39, 0.29) is 6.04 Å². The average molecular weight is 178 g/mol. The van der Waals surface area contributed by atoms with E-state index in [2.05, 4.69) is 10.3 Å². The molecule has 1 saturated heterocycles. The second-order valence-corrected chi connectivity index (χ2v) is 3.06. The molecule has 0 bridgehead atoms. The molecule has 1 aromatic heterocycles. The van der Waals surface area contributed by atoms with Gasteiger partial charge >= 0.3 is 5.97 Å². The lowest BCUT2D eigenvalue weighted by atomic mass is 9.95. The summed E-state index contributed by atoms with van der Waals surface area (Å²) in [4.78, 5) is 14.7. The Morgan fingerprint density at radius 3 is 3.00 bits per heavy atom. The van der Waals surface area contributed by atoms with E-state index in [0.717, 1.165) is 18.5 Å². The average Bonchev–Trinajstić information content (AvgIpc) is 2.02. The number of hydrogen-bond acceptors (Lipinski definition) is 3. The van der Waals surface area contributed by atoms with Gasteiger partial charge in [0, 0.05) is 24.0 Å². The van der Waals surface area contributed by atoms with Crippen LogP contribution in [0.15, 0.2) is 18.5 Å². The highest BCUT2D eigenvalue weighted by Crippen LogP contribution is 2.24. The Labute approximate surface area is 75.6 Å². The number of carbonyl (C=O) groups is 1. The highest BCUT2D eigenvalue weighted by molar-refractivity contribution is 5.89. The van der Waals surface area contributed by atoms with Crippen molar-refractivity contribution in [2.24, 2.45) is 0 Å². The van der Waals surface area contributed by atoms with Gasteiger partial charge in [0.25, 0.3) is 0 Å². The van der Waals surface area contributed by atoms with E-state index in [1.165, 1.54) is 12.3 Å². The molecule has 0 saturated carbocycles. The Hall–Kier alpha value is -1.42. The molecule has 4 nitrogen and oxygen atoms in total. The minimum Gasteiger partial charge on any atom is -0.478 e. The van der Waals surface area contributed by atoms with Crippen molar-refractivity contribution >= 4 is 5.97 Å². The summed E-state index contributed by atoms with van der Waals surface area (Å²) in [5.74, 6) is -0.883. The molecule has 2 N–H and O–H groups in total. The van der Waals surface area contributed by atoms with Gasteiger partial charge in [-0.05, 0) is 19.0 Å². The summed E-state index contributed by atoms with van der Waals surface area (Å²) in [6, 6.07) is 1.72. The molecule has 0 amide bonds. The van der Waals surface area contributed by atoms with Crippen molar-refractivity contribution in [1.82, 2.24) is 10.3 Å². The van der Waals surface area contributed by atoms with Crippen LogP contribution in [0, 0.1) is 0 Å². The maximum Gasteiger partial charge on any atom is 0.336 e. The van der Waals surface area contributed by atoms with Gasteiger partial charge in [0.2, 0.25) is 0 Å². The summed E-state index contributed by atoms with van der Waals surface area (Å²) in [6.45, 7) is 0.957. The van der Waals surface area contributed by atoms with Gasteiger partial charge in [-0.3, -0.25) is 4.98 Å². The topological polar surface area (TPSA) is 62.2 Å². The Morgan fingerprint density at radius 2 is 2.46 bits per heavy atom. The lowest BCUT2D eigenvalue weighted by Gasteiger charge is -2.28. The van der Waals surface area contributed by atoms with Crippen LogP contribution in [-0.2, 0) is 0 Å². The van der Waals surface area contributed by atoms with E-state index in [4.69, 9.17) is 5.11 Å². The van der Waals surface area contributed by atoms with Gasteiger partial charge in [-0.1, -0.05) is 0 Å².